The second kappa shape index (κ2) is 6.19. The molecule has 0 saturated heterocycles. The number of hydrogen-bond acceptors (Lipinski definition) is 3. The number of halogens is 1. The summed E-state index contributed by atoms with van der Waals surface area (Å²) in [5, 5.41) is 0. The second-order valence-electron chi connectivity index (χ2n) is 4.54. The maximum absolute atomic E-state index is 5.84. The van der Waals surface area contributed by atoms with E-state index in [1.54, 1.807) is 14.2 Å². The zero-order valence-electron chi connectivity index (χ0n) is 10.9. The standard InChI is InChI=1S/C14H19ClO3/c1-16-12-7-11(9-15)8-13(17-2)14(12)18-6-5-10-3-4-10/h7-8,10H,3-6,9H2,1-2H3. The van der Waals surface area contributed by atoms with E-state index in [0.717, 1.165) is 17.9 Å². The fourth-order valence-corrected chi connectivity index (χ4v) is 2.04. The third-order valence-corrected chi connectivity index (χ3v) is 3.45. The van der Waals surface area contributed by atoms with Gasteiger partial charge < -0.3 is 14.2 Å². The molecule has 0 aliphatic heterocycles. The minimum absolute atomic E-state index is 0.426. The van der Waals surface area contributed by atoms with Gasteiger partial charge in [-0.1, -0.05) is 12.8 Å². The van der Waals surface area contributed by atoms with Gasteiger partial charge in [0.25, 0.3) is 0 Å². The number of hydrogen-bond donors (Lipinski definition) is 0. The smallest absolute Gasteiger partial charge is 0.203 e. The van der Waals surface area contributed by atoms with Gasteiger partial charge in [0.1, 0.15) is 0 Å². The molecule has 100 valence electrons. The molecule has 18 heavy (non-hydrogen) atoms. The number of benzene rings is 1. The molecule has 0 atom stereocenters. The van der Waals surface area contributed by atoms with Crippen molar-refractivity contribution in [2.75, 3.05) is 20.8 Å². The zero-order chi connectivity index (χ0) is 13.0. The molecule has 0 unspecified atom stereocenters. The molecule has 0 radical (unpaired) electrons. The number of ether oxygens (including phenoxy) is 3. The van der Waals surface area contributed by atoms with E-state index >= 15 is 0 Å². The van der Waals surface area contributed by atoms with Gasteiger partial charge in [0.15, 0.2) is 11.5 Å². The van der Waals surface area contributed by atoms with E-state index in [0.29, 0.717) is 29.7 Å². The lowest BCUT2D eigenvalue weighted by Gasteiger charge is -2.15. The van der Waals surface area contributed by atoms with Gasteiger partial charge in [0.2, 0.25) is 5.75 Å². The first-order valence-electron chi connectivity index (χ1n) is 6.22. The van der Waals surface area contributed by atoms with Crippen LogP contribution in [0.5, 0.6) is 17.2 Å². The molecule has 1 aliphatic carbocycles. The fourth-order valence-electron chi connectivity index (χ4n) is 1.89. The first-order chi connectivity index (χ1) is 8.78. The number of methoxy groups -OCH3 is 2. The molecule has 0 N–H and O–H groups in total. The van der Waals surface area contributed by atoms with Crippen molar-refractivity contribution in [3.05, 3.63) is 17.7 Å². The van der Waals surface area contributed by atoms with E-state index in [4.69, 9.17) is 25.8 Å². The summed E-state index contributed by atoms with van der Waals surface area (Å²) in [7, 11) is 3.25. The van der Waals surface area contributed by atoms with Gasteiger partial charge in [0, 0.05) is 5.88 Å². The first-order valence-corrected chi connectivity index (χ1v) is 6.75. The largest absolute Gasteiger partial charge is 0.493 e. The van der Waals surface area contributed by atoms with Gasteiger partial charge in [-0.3, -0.25) is 0 Å². The molecule has 1 aliphatic rings. The highest BCUT2D eigenvalue weighted by molar-refractivity contribution is 6.17. The number of rotatable bonds is 7. The highest BCUT2D eigenvalue weighted by Crippen LogP contribution is 2.40. The lowest BCUT2D eigenvalue weighted by Crippen LogP contribution is -2.03. The van der Waals surface area contributed by atoms with Crippen molar-refractivity contribution in [1.29, 1.82) is 0 Å². The average Bonchev–Trinajstić information content (AvgIpc) is 3.22. The Morgan fingerprint density at radius 1 is 1.17 bits per heavy atom. The van der Waals surface area contributed by atoms with E-state index in [9.17, 15) is 0 Å². The molecular weight excluding hydrogens is 252 g/mol. The van der Waals surface area contributed by atoms with Crippen LogP contribution in [0.15, 0.2) is 12.1 Å². The zero-order valence-corrected chi connectivity index (χ0v) is 11.6. The predicted octanol–water partition coefficient (Wildman–Crippen LogP) is 3.62. The molecule has 0 aromatic heterocycles. The molecule has 1 aromatic carbocycles. The van der Waals surface area contributed by atoms with Gasteiger partial charge in [-0.15, -0.1) is 11.6 Å². The minimum atomic E-state index is 0.426. The van der Waals surface area contributed by atoms with Crippen LogP contribution in [0.3, 0.4) is 0 Å². The maximum Gasteiger partial charge on any atom is 0.203 e. The summed E-state index contributed by atoms with van der Waals surface area (Å²) >= 11 is 5.84. The normalized spacial score (nSPS) is 14.4. The fraction of sp³-hybridized carbons (Fsp3) is 0.571. The van der Waals surface area contributed by atoms with E-state index in [-0.39, 0.29) is 0 Å². The van der Waals surface area contributed by atoms with Crippen molar-refractivity contribution in [3.63, 3.8) is 0 Å². The van der Waals surface area contributed by atoms with Crippen molar-refractivity contribution in [3.8, 4) is 17.2 Å². The molecule has 3 nitrogen and oxygen atoms in total. The number of alkyl halides is 1. The Labute approximate surface area is 113 Å². The average molecular weight is 271 g/mol. The lowest BCUT2D eigenvalue weighted by molar-refractivity contribution is 0.265. The Morgan fingerprint density at radius 3 is 2.22 bits per heavy atom. The molecule has 2 rings (SSSR count). The topological polar surface area (TPSA) is 27.7 Å². The third-order valence-electron chi connectivity index (χ3n) is 3.14. The van der Waals surface area contributed by atoms with E-state index in [1.165, 1.54) is 12.8 Å². The maximum atomic E-state index is 5.84. The van der Waals surface area contributed by atoms with Crippen molar-refractivity contribution < 1.29 is 14.2 Å². The summed E-state index contributed by atoms with van der Waals surface area (Å²) in [5.41, 5.74) is 0.958. The molecule has 0 spiro atoms. The quantitative estimate of drug-likeness (QED) is 0.708. The van der Waals surface area contributed by atoms with Crippen molar-refractivity contribution in [2.45, 2.75) is 25.1 Å². The van der Waals surface area contributed by atoms with Gasteiger partial charge in [0.05, 0.1) is 20.8 Å². The van der Waals surface area contributed by atoms with Crippen LogP contribution < -0.4 is 14.2 Å². The molecule has 0 heterocycles. The summed E-state index contributed by atoms with van der Waals surface area (Å²) in [5.74, 6) is 3.31. The van der Waals surface area contributed by atoms with Crippen LogP contribution >= 0.6 is 11.6 Å². The highest BCUT2D eigenvalue weighted by Gasteiger charge is 2.21. The van der Waals surface area contributed by atoms with E-state index in [2.05, 4.69) is 0 Å². The van der Waals surface area contributed by atoms with Gasteiger partial charge in [-0.05, 0) is 30.0 Å². The van der Waals surface area contributed by atoms with E-state index in [1.807, 2.05) is 12.1 Å². The van der Waals surface area contributed by atoms with Crippen LogP contribution in [0.25, 0.3) is 0 Å². The molecule has 1 fully saturated rings. The second-order valence-corrected chi connectivity index (χ2v) is 4.81. The molecule has 1 saturated carbocycles. The summed E-state index contributed by atoms with van der Waals surface area (Å²) in [6, 6.07) is 3.78. The Bertz CT molecular complexity index is 377. The first kappa shape index (κ1) is 13.3. The van der Waals surface area contributed by atoms with Gasteiger partial charge in [-0.25, -0.2) is 0 Å². The minimum Gasteiger partial charge on any atom is -0.493 e. The molecular formula is C14H19ClO3. The Kier molecular flexibility index (Phi) is 4.59. The highest BCUT2D eigenvalue weighted by atomic mass is 35.5. The van der Waals surface area contributed by atoms with Crippen LogP contribution in [0.1, 0.15) is 24.8 Å². The van der Waals surface area contributed by atoms with Crippen LogP contribution in [-0.4, -0.2) is 20.8 Å². The van der Waals surface area contributed by atoms with Crippen molar-refractivity contribution in [2.24, 2.45) is 5.92 Å². The predicted molar refractivity (Wildman–Crippen MR) is 71.9 cm³/mol. The third kappa shape index (κ3) is 3.22. The van der Waals surface area contributed by atoms with E-state index < -0.39 is 0 Å². The Morgan fingerprint density at radius 2 is 1.78 bits per heavy atom. The summed E-state index contributed by atoms with van der Waals surface area (Å²) in [4.78, 5) is 0. The van der Waals surface area contributed by atoms with Crippen LogP contribution in [0.4, 0.5) is 0 Å². The summed E-state index contributed by atoms with van der Waals surface area (Å²) in [6.07, 6.45) is 3.77. The van der Waals surface area contributed by atoms with Crippen LogP contribution in [0.2, 0.25) is 0 Å². The molecule has 1 aromatic rings. The summed E-state index contributed by atoms with van der Waals surface area (Å²) < 4.78 is 16.5. The monoisotopic (exact) mass is 270 g/mol. The Hall–Kier alpha value is -1.09. The molecule has 0 bridgehead atoms. The SMILES string of the molecule is COc1cc(CCl)cc(OC)c1OCCC1CC1. The Balaban J connectivity index is 2.12. The lowest BCUT2D eigenvalue weighted by atomic mass is 10.2. The van der Waals surface area contributed by atoms with Crippen LogP contribution in [0, 0.1) is 5.92 Å². The van der Waals surface area contributed by atoms with Crippen LogP contribution in [-0.2, 0) is 5.88 Å². The van der Waals surface area contributed by atoms with Crippen molar-refractivity contribution in [1.82, 2.24) is 0 Å². The molecule has 0 amide bonds. The van der Waals surface area contributed by atoms with Crippen molar-refractivity contribution >= 4 is 11.6 Å². The summed E-state index contributed by atoms with van der Waals surface area (Å²) in [6.45, 7) is 0.706. The molecule has 4 heteroatoms. The van der Waals surface area contributed by atoms with Gasteiger partial charge in [-0.2, -0.15) is 0 Å². The van der Waals surface area contributed by atoms with Gasteiger partial charge >= 0.3 is 0 Å².